The van der Waals surface area contributed by atoms with Gasteiger partial charge >= 0.3 is 0 Å². The Morgan fingerprint density at radius 1 is 0.515 bits per heavy atom. The number of primary amides is 2. The molecule has 530 valence electrons. The van der Waals surface area contributed by atoms with E-state index in [0.717, 1.165) is 42.5 Å². The van der Waals surface area contributed by atoms with E-state index in [1.165, 1.54) is 6.92 Å². The summed E-state index contributed by atoms with van der Waals surface area (Å²) in [5, 5.41) is 42.9. The molecule has 0 radical (unpaired) electrons. The Labute approximate surface area is 565 Å². The van der Waals surface area contributed by atoms with E-state index in [2.05, 4.69) is 63.1 Å². The number of hydrogen-bond donors (Lipinski definition) is 17. The number of H-pyrrole nitrogens is 1. The summed E-state index contributed by atoms with van der Waals surface area (Å²) >= 11 is 0. The van der Waals surface area contributed by atoms with E-state index in [1.54, 1.807) is 43.6 Å². The van der Waals surface area contributed by atoms with E-state index in [9.17, 15) is 43.2 Å². The van der Waals surface area contributed by atoms with Crippen molar-refractivity contribution in [1.82, 2.24) is 68.0 Å². The number of carbonyl (C=O) groups is 10. The quantitative estimate of drug-likeness (QED) is 0.0126. The monoisotopic (exact) mass is 1350 g/mol. The number of ether oxygens (including phenoxy) is 2. The maximum atomic E-state index is 15.1. The third kappa shape index (κ3) is 28.6. The van der Waals surface area contributed by atoms with Crippen molar-refractivity contribution < 1.29 is 57.4 Å². The first kappa shape index (κ1) is 78.0. The van der Waals surface area contributed by atoms with E-state index >= 15 is 4.79 Å². The molecule has 0 bridgehead atoms. The van der Waals surface area contributed by atoms with E-state index < -0.39 is 108 Å². The summed E-state index contributed by atoms with van der Waals surface area (Å²) in [6.07, 6.45) is 2.04. The standard InChI is InChI=1S/C66H99N19O12/c1-41(2)34-51(81-64(95)54(37-45-39-75-47-21-12-11-20-46(45)47)83-62(93)52(35-43-16-7-5-8-17-43)77-56(87)40-85-29-27-84(28-30-85)26-15-31-97-33-32-96-4)61(92)82-53(36-44-18-9-6-10-19-44)63(94)79-48(22-13-24-73-65(69)70)59(90)76-42(3)58(89)78-49(23-14-25-74-66(71)72)60(91)80-50(57(68)88)38-55(67)86/h5-12,16-21,39,41-42,48-54,75H,13-15,22-38,40H2,1-4H3,(H2,67,86)(H2,68,88)(H,76,90)(H,77,87)(H,78,89)(H,79,94)(H,80,91)(H,81,95)(H,82,92)(H,83,93)(H4,69,70,73)(H4,71,72,74)/t42-,48-,49-,50-,51-,52-,53-,54-/m0/s1. The second-order valence-electron chi connectivity index (χ2n) is 24.4. The lowest BCUT2D eigenvalue weighted by molar-refractivity contribution is -0.136. The number of aromatic nitrogens is 1. The molecule has 1 aliphatic rings. The van der Waals surface area contributed by atoms with Gasteiger partial charge in [-0.25, -0.2) is 0 Å². The molecule has 8 atom stereocenters. The number of methoxy groups -OCH3 is 1. The molecule has 0 spiro atoms. The summed E-state index contributed by atoms with van der Waals surface area (Å²) < 4.78 is 10.7. The van der Waals surface area contributed by atoms with Gasteiger partial charge in [0.05, 0.1) is 26.2 Å². The maximum Gasteiger partial charge on any atom is 0.243 e. The van der Waals surface area contributed by atoms with Crippen LogP contribution < -0.4 is 76.1 Å². The fraction of sp³-hybridized carbons (Fsp3) is 0.515. The van der Waals surface area contributed by atoms with Gasteiger partial charge in [0, 0.05) is 95.9 Å². The summed E-state index contributed by atoms with van der Waals surface area (Å²) in [6, 6.07) is 14.4. The minimum atomic E-state index is -1.52. The Morgan fingerprint density at radius 2 is 0.979 bits per heavy atom. The number of hydrogen-bond acceptors (Lipinski definition) is 16. The highest BCUT2D eigenvalue weighted by molar-refractivity contribution is 5.99. The predicted molar refractivity (Wildman–Crippen MR) is 364 cm³/mol. The normalized spacial score (nSPS) is 14.9. The molecule has 1 aromatic heterocycles. The van der Waals surface area contributed by atoms with Gasteiger partial charge in [0.15, 0.2) is 11.9 Å². The highest BCUT2D eigenvalue weighted by Gasteiger charge is 2.36. The minimum absolute atomic E-state index is 0.0329. The van der Waals surface area contributed by atoms with E-state index in [4.69, 9.17) is 43.2 Å². The fourth-order valence-electron chi connectivity index (χ4n) is 10.9. The number of nitrogens with zero attached hydrogens (tertiary/aromatic N) is 2. The molecule has 1 fully saturated rings. The number of benzene rings is 3. The van der Waals surface area contributed by atoms with Gasteiger partial charge < -0.3 is 95.5 Å². The van der Waals surface area contributed by atoms with Crippen LogP contribution in [0.4, 0.5) is 0 Å². The Balaban J connectivity index is 1.38. The molecule has 2 heterocycles. The molecule has 0 aliphatic carbocycles. The molecule has 31 nitrogen and oxygen atoms in total. The summed E-state index contributed by atoms with van der Waals surface area (Å²) in [7, 11) is 1.63. The van der Waals surface area contributed by atoms with Gasteiger partial charge in [-0.1, -0.05) is 92.7 Å². The molecular weight excluding hydrogens is 1250 g/mol. The third-order valence-corrected chi connectivity index (χ3v) is 16.0. The van der Waals surface area contributed by atoms with Gasteiger partial charge in [0.25, 0.3) is 0 Å². The summed E-state index contributed by atoms with van der Waals surface area (Å²) in [6.45, 7) is 10.5. The highest BCUT2D eigenvalue weighted by Crippen LogP contribution is 2.20. The second kappa shape index (κ2) is 41.3. The number of guanidine groups is 2. The van der Waals surface area contributed by atoms with Gasteiger partial charge in [-0.15, -0.1) is 0 Å². The molecule has 1 aliphatic heterocycles. The minimum Gasteiger partial charge on any atom is -0.382 e. The van der Waals surface area contributed by atoms with Crippen molar-refractivity contribution in [3.05, 3.63) is 108 Å². The zero-order chi connectivity index (χ0) is 70.8. The first-order valence-electron chi connectivity index (χ1n) is 32.7. The first-order chi connectivity index (χ1) is 46.4. The third-order valence-electron chi connectivity index (χ3n) is 16.0. The number of nitrogens with one attached hydrogen (secondary N) is 13. The average molecular weight is 1350 g/mol. The van der Waals surface area contributed by atoms with E-state index in [-0.39, 0.29) is 94.7 Å². The number of piperazine rings is 1. The number of fused-ring (bicyclic) bond motifs is 1. The predicted octanol–water partition coefficient (Wildman–Crippen LogP) is -2.30. The van der Waals surface area contributed by atoms with Gasteiger partial charge in [-0.3, -0.25) is 63.7 Å². The summed E-state index contributed by atoms with van der Waals surface area (Å²) in [5.74, 6) is -9.01. The van der Waals surface area contributed by atoms with Gasteiger partial charge in [-0.05, 0) is 74.1 Å². The topological polar surface area (TPSA) is 484 Å². The summed E-state index contributed by atoms with van der Waals surface area (Å²) in [4.78, 5) is 147. The Kier molecular flexibility index (Phi) is 33.2. The average Bonchev–Trinajstić information content (AvgIpc) is 1.75. The molecule has 5 rings (SSSR count). The van der Waals surface area contributed by atoms with Crippen LogP contribution in [0.5, 0.6) is 0 Å². The number of carbonyl (C=O) groups excluding carboxylic acids is 10. The van der Waals surface area contributed by atoms with Crippen LogP contribution in [0.15, 0.2) is 91.1 Å². The van der Waals surface area contributed by atoms with Crippen molar-refractivity contribution in [3.63, 3.8) is 0 Å². The Morgan fingerprint density at radius 3 is 1.52 bits per heavy atom. The number of amides is 10. The Hall–Kier alpha value is -9.72. The van der Waals surface area contributed by atoms with Gasteiger partial charge in [0.1, 0.15) is 48.3 Å². The van der Waals surface area contributed by atoms with Crippen LogP contribution in [0.1, 0.15) is 82.4 Å². The zero-order valence-corrected chi connectivity index (χ0v) is 55.8. The van der Waals surface area contributed by atoms with Crippen LogP contribution >= 0.6 is 0 Å². The number of rotatable bonds is 43. The SMILES string of the molecule is COCCOCCCN1CCN(CC(=O)N[C@@H](Cc2ccccc2)C(=O)N[C@@H](Cc2c[nH]c3ccccc23)C(=O)N[C@@H](CC(C)C)C(=O)N[C@@H](Cc2ccccc2)C(=O)N[C@@H](CCCNC(=N)N)C(=O)N[C@@H](C)C(=O)N[C@@H](CCCNC(=N)N)C(=O)N[C@@H](CC(N)=O)C(N)=O)CC1. The molecule has 0 unspecified atom stereocenters. The van der Waals surface area contributed by atoms with Crippen LogP contribution in [-0.2, 0) is 76.7 Å². The smallest absolute Gasteiger partial charge is 0.243 e. The molecular formula is C66H99N19O12. The zero-order valence-electron chi connectivity index (χ0n) is 55.8. The van der Waals surface area contributed by atoms with Crippen molar-refractivity contribution in [3.8, 4) is 0 Å². The van der Waals surface area contributed by atoms with Crippen LogP contribution in [-0.4, -0.2) is 213 Å². The molecule has 97 heavy (non-hydrogen) atoms. The fourth-order valence-corrected chi connectivity index (χ4v) is 10.9. The van der Waals surface area contributed by atoms with Crippen molar-refractivity contribution >= 4 is 81.9 Å². The molecule has 21 N–H and O–H groups in total. The first-order valence-corrected chi connectivity index (χ1v) is 32.7. The Bertz CT molecular complexity index is 3240. The molecule has 0 saturated carbocycles. The lowest BCUT2D eigenvalue weighted by Gasteiger charge is -2.34. The van der Waals surface area contributed by atoms with Crippen molar-refractivity contribution in [2.75, 3.05) is 79.3 Å². The van der Waals surface area contributed by atoms with Crippen molar-refractivity contribution in [1.29, 1.82) is 10.8 Å². The second-order valence-corrected chi connectivity index (χ2v) is 24.4. The molecule has 4 aromatic rings. The summed E-state index contributed by atoms with van der Waals surface area (Å²) in [5.41, 5.74) is 24.4. The molecule has 1 saturated heterocycles. The van der Waals surface area contributed by atoms with Crippen LogP contribution in [0, 0.1) is 16.7 Å². The van der Waals surface area contributed by atoms with Crippen molar-refractivity contribution in [2.24, 2.45) is 28.9 Å². The molecule has 3 aromatic carbocycles. The van der Waals surface area contributed by atoms with E-state index in [1.807, 2.05) is 73.3 Å². The van der Waals surface area contributed by atoms with Crippen LogP contribution in [0.2, 0.25) is 0 Å². The van der Waals surface area contributed by atoms with Crippen LogP contribution in [0.25, 0.3) is 10.9 Å². The van der Waals surface area contributed by atoms with Gasteiger partial charge in [-0.2, -0.15) is 0 Å². The van der Waals surface area contributed by atoms with Crippen molar-refractivity contribution in [2.45, 2.75) is 133 Å². The number of aromatic amines is 1. The maximum absolute atomic E-state index is 15.1. The van der Waals surface area contributed by atoms with E-state index in [0.29, 0.717) is 44.0 Å². The number of para-hydroxylation sites is 1. The molecule has 10 amide bonds. The lowest BCUT2D eigenvalue weighted by Crippen LogP contribution is -2.61. The highest BCUT2D eigenvalue weighted by atomic mass is 16.5. The lowest BCUT2D eigenvalue weighted by atomic mass is 9.99. The number of nitrogens with two attached hydrogens (primary N) is 4. The molecule has 31 heteroatoms. The van der Waals surface area contributed by atoms with Crippen LogP contribution in [0.3, 0.4) is 0 Å². The van der Waals surface area contributed by atoms with Gasteiger partial charge in [0.2, 0.25) is 59.1 Å². The largest absolute Gasteiger partial charge is 0.382 e.